The van der Waals surface area contributed by atoms with Crippen LogP contribution in [0.4, 0.5) is 0 Å². The van der Waals surface area contributed by atoms with Gasteiger partial charge in [0.25, 0.3) is 10.0 Å². The van der Waals surface area contributed by atoms with Crippen LogP contribution in [0.25, 0.3) is 0 Å². The minimum atomic E-state index is -3.79. The summed E-state index contributed by atoms with van der Waals surface area (Å²) in [4.78, 5) is 11.0. The largest absolute Gasteiger partial charge is 0.273 e. The van der Waals surface area contributed by atoms with Crippen molar-refractivity contribution in [1.82, 2.24) is 4.72 Å². The molecule has 1 aromatic rings. The predicted octanol–water partition coefficient (Wildman–Crippen LogP) is 1.04. The summed E-state index contributed by atoms with van der Waals surface area (Å²) in [6, 6.07) is 6.39. The summed E-state index contributed by atoms with van der Waals surface area (Å²) in [6.45, 7) is 1.65. The summed E-state index contributed by atoms with van der Waals surface area (Å²) in [5, 5.41) is 0. The van der Waals surface area contributed by atoms with Gasteiger partial charge in [-0.15, -0.1) is 11.6 Å². The first-order valence-electron chi connectivity index (χ1n) is 4.14. The van der Waals surface area contributed by atoms with Crippen molar-refractivity contribution in [2.75, 3.05) is 5.88 Å². The van der Waals surface area contributed by atoms with Gasteiger partial charge in [-0.1, -0.05) is 18.2 Å². The van der Waals surface area contributed by atoms with Gasteiger partial charge < -0.3 is 0 Å². The van der Waals surface area contributed by atoms with E-state index in [0.717, 1.165) is 0 Å². The van der Waals surface area contributed by atoms with Gasteiger partial charge in [0.15, 0.2) is 0 Å². The van der Waals surface area contributed by atoms with E-state index in [2.05, 4.69) is 0 Å². The molecule has 0 atom stereocenters. The van der Waals surface area contributed by atoms with Crippen LogP contribution in [0, 0.1) is 6.92 Å². The van der Waals surface area contributed by atoms with E-state index in [0.29, 0.717) is 5.56 Å². The number of benzene rings is 1. The lowest BCUT2D eigenvalue weighted by Crippen LogP contribution is -2.31. The fourth-order valence-corrected chi connectivity index (χ4v) is 2.47. The first-order valence-corrected chi connectivity index (χ1v) is 6.16. The van der Waals surface area contributed by atoms with Gasteiger partial charge in [-0.25, -0.2) is 13.1 Å². The van der Waals surface area contributed by atoms with Crippen LogP contribution in [0.5, 0.6) is 0 Å². The van der Waals surface area contributed by atoms with E-state index in [1.54, 1.807) is 25.1 Å². The number of hydrogen-bond donors (Lipinski definition) is 1. The Morgan fingerprint density at radius 2 is 2.00 bits per heavy atom. The zero-order chi connectivity index (χ0) is 11.5. The standard InChI is InChI=1S/C9H10ClNO3S/c1-7-4-2-3-5-8(7)15(13,14)11-9(12)6-10/h2-5H,6H2,1H3,(H,11,12). The first-order chi connectivity index (χ1) is 6.97. The highest BCUT2D eigenvalue weighted by Gasteiger charge is 2.18. The van der Waals surface area contributed by atoms with E-state index < -0.39 is 15.9 Å². The Hall–Kier alpha value is -1.07. The second kappa shape index (κ2) is 4.63. The van der Waals surface area contributed by atoms with Crippen LogP contribution in [0.15, 0.2) is 29.2 Å². The van der Waals surface area contributed by atoms with Crippen molar-refractivity contribution in [3.05, 3.63) is 29.8 Å². The molecule has 0 heterocycles. The lowest BCUT2D eigenvalue weighted by molar-refractivity contribution is -0.116. The molecule has 6 heteroatoms. The molecule has 0 aliphatic rings. The van der Waals surface area contributed by atoms with Gasteiger partial charge in [0.2, 0.25) is 5.91 Å². The number of carbonyl (C=O) groups excluding carboxylic acids is 1. The molecular formula is C9H10ClNO3S. The maximum absolute atomic E-state index is 11.6. The van der Waals surface area contributed by atoms with Gasteiger partial charge in [0, 0.05) is 0 Å². The van der Waals surface area contributed by atoms with Crippen LogP contribution in [-0.2, 0) is 14.8 Å². The number of nitrogens with one attached hydrogen (secondary N) is 1. The number of alkyl halides is 1. The Balaban J connectivity index is 3.07. The van der Waals surface area contributed by atoms with Gasteiger partial charge in [0.05, 0.1) is 4.90 Å². The molecular weight excluding hydrogens is 238 g/mol. The summed E-state index contributed by atoms with van der Waals surface area (Å²) in [6.07, 6.45) is 0. The number of amides is 1. The lowest BCUT2D eigenvalue weighted by Gasteiger charge is -2.07. The van der Waals surface area contributed by atoms with E-state index >= 15 is 0 Å². The van der Waals surface area contributed by atoms with Crippen LogP contribution in [-0.4, -0.2) is 20.2 Å². The minimum absolute atomic E-state index is 0.0865. The summed E-state index contributed by atoms with van der Waals surface area (Å²) >= 11 is 5.21. The van der Waals surface area contributed by atoms with Gasteiger partial charge in [-0.2, -0.15) is 0 Å². The molecule has 1 amide bonds. The van der Waals surface area contributed by atoms with Crippen molar-refractivity contribution < 1.29 is 13.2 Å². The number of carbonyl (C=O) groups is 1. The third kappa shape index (κ3) is 2.94. The van der Waals surface area contributed by atoms with Crippen LogP contribution < -0.4 is 4.72 Å². The minimum Gasteiger partial charge on any atom is -0.273 e. The number of halogens is 1. The van der Waals surface area contributed by atoms with Crippen molar-refractivity contribution in [3.8, 4) is 0 Å². The molecule has 0 aromatic heterocycles. The number of hydrogen-bond acceptors (Lipinski definition) is 3. The fraction of sp³-hybridized carbons (Fsp3) is 0.222. The summed E-state index contributed by atoms with van der Waals surface area (Å²) in [5.41, 5.74) is 0.576. The monoisotopic (exact) mass is 247 g/mol. The average molecular weight is 248 g/mol. The normalized spacial score (nSPS) is 11.1. The van der Waals surface area contributed by atoms with Crippen molar-refractivity contribution in [1.29, 1.82) is 0 Å². The molecule has 1 rings (SSSR count). The van der Waals surface area contributed by atoms with E-state index in [4.69, 9.17) is 11.6 Å². The number of rotatable bonds is 3. The van der Waals surface area contributed by atoms with Gasteiger partial charge in [-0.3, -0.25) is 4.79 Å². The van der Waals surface area contributed by atoms with Crippen molar-refractivity contribution in [2.24, 2.45) is 0 Å². The SMILES string of the molecule is Cc1ccccc1S(=O)(=O)NC(=O)CCl. The highest BCUT2D eigenvalue weighted by Crippen LogP contribution is 2.13. The molecule has 0 saturated heterocycles. The van der Waals surface area contributed by atoms with E-state index in [1.807, 2.05) is 4.72 Å². The second-order valence-corrected chi connectivity index (χ2v) is 4.85. The summed E-state index contributed by atoms with van der Waals surface area (Å²) in [5.74, 6) is -1.12. The Bertz CT molecular complexity index is 470. The molecule has 1 N–H and O–H groups in total. The smallest absolute Gasteiger partial charge is 0.264 e. The molecule has 4 nitrogen and oxygen atoms in total. The third-order valence-corrected chi connectivity index (χ3v) is 3.53. The molecule has 0 unspecified atom stereocenters. The maximum atomic E-state index is 11.6. The van der Waals surface area contributed by atoms with E-state index in [1.165, 1.54) is 6.07 Å². The molecule has 0 spiro atoms. The zero-order valence-electron chi connectivity index (χ0n) is 8.03. The number of sulfonamides is 1. The lowest BCUT2D eigenvalue weighted by atomic mass is 10.2. The van der Waals surface area contributed by atoms with Gasteiger partial charge in [0.1, 0.15) is 5.88 Å². The summed E-state index contributed by atoms with van der Waals surface area (Å²) in [7, 11) is -3.79. The van der Waals surface area contributed by atoms with Crippen LogP contribution in [0.1, 0.15) is 5.56 Å². The quantitative estimate of drug-likeness (QED) is 0.812. The number of aryl methyl sites for hydroxylation is 1. The topological polar surface area (TPSA) is 63.2 Å². The van der Waals surface area contributed by atoms with Gasteiger partial charge >= 0.3 is 0 Å². The molecule has 0 bridgehead atoms. The van der Waals surface area contributed by atoms with Crippen LogP contribution >= 0.6 is 11.6 Å². The molecule has 0 radical (unpaired) electrons. The molecule has 82 valence electrons. The van der Waals surface area contributed by atoms with Crippen molar-refractivity contribution in [3.63, 3.8) is 0 Å². The Labute approximate surface area is 93.3 Å². The molecule has 15 heavy (non-hydrogen) atoms. The van der Waals surface area contributed by atoms with Gasteiger partial charge in [-0.05, 0) is 18.6 Å². The maximum Gasteiger partial charge on any atom is 0.264 e. The molecule has 0 aliphatic heterocycles. The van der Waals surface area contributed by atoms with Crippen molar-refractivity contribution >= 4 is 27.5 Å². The van der Waals surface area contributed by atoms with E-state index in [-0.39, 0.29) is 10.8 Å². The highest BCUT2D eigenvalue weighted by molar-refractivity contribution is 7.90. The van der Waals surface area contributed by atoms with E-state index in [9.17, 15) is 13.2 Å². The molecule has 1 aromatic carbocycles. The average Bonchev–Trinajstić information content (AvgIpc) is 2.17. The van der Waals surface area contributed by atoms with Crippen LogP contribution in [0.3, 0.4) is 0 Å². The third-order valence-electron chi connectivity index (χ3n) is 1.75. The fourth-order valence-electron chi connectivity index (χ4n) is 1.09. The Morgan fingerprint density at radius 1 is 1.40 bits per heavy atom. The Morgan fingerprint density at radius 3 is 2.53 bits per heavy atom. The van der Waals surface area contributed by atoms with Crippen LogP contribution in [0.2, 0.25) is 0 Å². The molecule has 0 aliphatic carbocycles. The van der Waals surface area contributed by atoms with Crippen molar-refractivity contribution in [2.45, 2.75) is 11.8 Å². The highest BCUT2D eigenvalue weighted by atomic mass is 35.5. The summed E-state index contributed by atoms with van der Waals surface area (Å²) < 4.78 is 25.1. The molecule has 0 saturated carbocycles. The second-order valence-electron chi connectivity index (χ2n) is 2.93. The zero-order valence-corrected chi connectivity index (χ0v) is 9.60. The molecule has 0 fully saturated rings. The first kappa shape index (κ1) is 12.0. The Kier molecular flexibility index (Phi) is 3.71. The predicted molar refractivity (Wildman–Crippen MR) is 57.2 cm³/mol.